The average Bonchev–Trinajstić information content (AvgIpc) is 2.55. The van der Waals surface area contributed by atoms with Gasteiger partial charge in [0, 0.05) is 31.7 Å². The molecule has 1 nitrogen and oxygen atoms in total. The van der Waals surface area contributed by atoms with Crippen LogP contribution >= 0.6 is 0 Å². The van der Waals surface area contributed by atoms with Crippen molar-refractivity contribution in [3.63, 3.8) is 0 Å². The van der Waals surface area contributed by atoms with Crippen molar-refractivity contribution in [2.45, 2.75) is 38.7 Å². The molecule has 0 saturated carbocycles. The van der Waals surface area contributed by atoms with Crippen LogP contribution in [0, 0.1) is 0 Å². The molecule has 2 rings (SSSR count). The van der Waals surface area contributed by atoms with Crippen molar-refractivity contribution in [1.82, 2.24) is 4.23 Å². The molecule has 0 aromatic rings. The molecule has 15 heavy (non-hydrogen) atoms. The second-order valence-corrected chi connectivity index (χ2v) is 14.6. The number of allylic oxidation sites excluding steroid dienone is 4. The smallest absolute Gasteiger partial charge is 0.143 e. The van der Waals surface area contributed by atoms with Crippen LogP contribution in [0.2, 0.25) is 31.7 Å². The van der Waals surface area contributed by atoms with Crippen LogP contribution in [-0.4, -0.2) is 27.2 Å². The Hall–Kier alpha value is 0.757. The van der Waals surface area contributed by atoms with Crippen LogP contribution in [0.4, 0.5) is 0 Å². The first-order chi connectivity index (χ1) is 6.42. The topological polar surface area (TPSA) is 3.24 Å². The Morgan fingerprint density at radius 2 is 1.87 bits per heavy atom. The number of hydrogen-bond acceptors (Lipinski definition) is 1. The van der Waals surface area contributed by atoms with Crippen molar-refractivity contribution in [3.05, 3.63) is 23.4 Å². The standard InChI is InChI=1S/C11H21NSi2.Zr/c1-6-12-13(2,3)10-8-7-9-11(10)14(12,4)5;/h7-10H,6H2,1-5H3;. The van der Waals surface area contributed by atoms with Gasteiger partial charge in [0.25, 0.3) is 0 Å². The Kier molecular flexibility index (Phi) is 3.88. The first-order valence-electron chi connectivity index (χ1n) is 5.59. The van der Waals surface area contributed by atoms with Gasteiger partial charge in [0.2, 0.25) is 0 Å². The van der Waals surface area contributed by atoms with Crippen LogP contribution in [0.25, 0.3) is 0 Å². The minimum atomic E-state index is -1.24. The van der Waals surface area contributed by atoms with E-state index in [0.29, 0.717) is 0 Å². The monoisotopic (exact) mass is 313 g/mol. The van der Waals surface area contributed by atoms with Crippen molar-refractivity contribution >= 4 is 16.5 Å². The molecular weight excluding hydrogens is 294 g/mol. The van der Waals surface area contributed by atoms with E-state index in [0.717, 1.165) is 5.54 Å². The van der Waals surface area contributed by atoms with E-state index >= 15 is 0 Å². The maximum absolute atomic E-state index is 2.89. The van der Waals surface area contributed by atoms with Crippen molar-refractivity contribution in [3.8, 4) is 0 Å². The van der Waals surface area contributed by atoms with Gasteiger partial charge in [-0.1, -0.05) is 56.5 Å². The molecule has 0 radical (unpaired) electrons. The molecule has 1 saturated heterocycles. The molecule has 1 atom stereocenters. The van der Waals surface area contributed by atoms with Gasteiger partial charge in [-0.3, -0.25) is 0 Å². The van der Waals surface area contributed by atoms with Crippen molar-refractivity contribution in [2.24, 2.45) is 0 Å². The first kappa shape index (κ1) is 13.8. The van der Waals surface area contributed by atoms with E-state index in [1.807, 2.05) is 0 Å². The van der Waals surface area contributed by atoms with Crippen LogP contribution in [0.5, 0.6) is 0 Å². The molecule has 0 bridgehead atoms. The van der Waals surface area contributed by atoms with Crippen molar-refractivity contribution in [2.75, 3.05) is 6.54 Å². The van der Waals surface area contributed by atoms with E-state index in [4.69, 9.17) is 0 Å². The molecule has 1 aliphatic heterocycles. The molecule has 1 fully saturated rings. The summed E-state index contributed by atoms with van der Waals surface area (Å²) in [4.78, 5) is 0. The Balaban J connectivity index is 0.00000112. The number of nitrogens with zero attached hydrogens (tertiary/aromatic N) is 1. The van der Waals surface area contributed by atoms with Crippen molar-refractivity contribution in [1.29, 1.82) is 0 Å². The summed E-state index contributed by atoms with van der Waals surface area (Å²) in [6.45, 7) is 13.7. The molecule has 0 amide bonds. The Labute approximate surface area is 115 Å². The van der Waals surface area contributed by atoms with Crippen molar-refractivity contribution < 1.29 is 26.2 Å². The largest absolute Gasteiger partial charge is 0.342 e. The predicted molar refractivity (Wildman–Crippen MR) is 68.3 cm³/mol. The molecule has 0 N–H and O–H groups in total. The quantitative estimate of drug-likeness (QED) is 0.672. The van der Waals surface area contributed by atoms with Gasteiger partial charge in [-0.2, -0.15) is 0 Å². The van der Waals surface area contributed by atoms with Crippen LogP contribution in [0.15, 0.2) is 23.4 Å². The van der Waals surface area contributed by atoms with E-state index in [1.165, 1.54) is 6.54 Å². The van der Waals surface area contributed by atoms with Crippen LogP contribution in [0.3, 0.4) is 0 Å². The maximum Gasteiger partial charge on any atom is 0.143 e. The molecule has 2 aliphatic rings. The summed E-state index contributed by atoms with van der Waals surface area (Å²) in [5, 5.41) is 1.79. The van der Waals surface area contributed by atoms with E-state index in [-0.39, 0.29) is 26.2 Å². The molecular formula is C11H21NSi2Zr. The van der Waals surface area contributed by atoms with E-state index in [2.05, 4.69) is 55.6 Å². The van der Waals surface area contributed by atoms with Gasteiger partial charge in [0.15, 0.2) is 0 Å². The van der Waals surface area contributed by atoms with Gasteiger partial charge in [0.05, 0.1) is 0 Å². The third-order valence-electron chi connectivity index (χ3n) is 4.07. The SMILES string of the molecule is CCN1[Si](C)(C)C2=CC=CC2[Si]1(C)C.[Zr]. The fraction of sp³-hybridized carbons (Fsp3) is 0.636. The third-order valence-corrected chi connectivity index (χ3v) is 15.1. The average molecular weight is 315 g/mol. The zero-order valence-corrected chi connectivity index (χ0v) is 14.9. The van der Waals surface area contributed by atoms with E-state index in [1.54, 1.807) is 5.20 Å². The molecule has 1 unspecified atom stereocenters. The minimum Gasteiger partial charge on any atom is -0.342 e. The van der Waals surface area contributed by atoms with Gasteiger partial charge in [0.1, 0.15) is 16.5 Å². The second-order valence-electron chi connectivity index (χ2n) is 5.44. The second kappa shape index (κ2) is 4.21. The Morgan fingerprint density at radius 3 is 2.33 bits per heavy atom. The van der Waals surface area contributed by atoms with Gasteiger partial charge < -0.3 is 4.23 Å². The van der Waals surface area contributed by atoms with Gasteiger partial charge >= 0.3 is 0 Å². The molecule has 0 aromatic heterocycles. The molecule has 4 heteroatoms. The fourth-order valence-electron chi connectivity index (χ4n) is 3.53. The summed E-state index contributed by atoms with van der Waals surface area (Å²) >= 11 is 0. The van der Waals surface area contributed by atoms with E-state index in [9.17, 15) is 0 Å². The van der Waals surface area contributed by atoms with Gasteiger partial charge in [-0.15, -0.1) is 0 Å². The van der Waals surface area contributed by atoms with Crippen LogP contribution < -0.4 is 0 Å². The molecule has 0 spiro atoms. The number of rotatable bonds is 1. The summed E-state index contributed by atoms with van der Waals surface area (Å²) in [6.07, 6.45) is 7.14. The normalized spacial score (nSPS) is 31.0. The molecule has 82 valence electrons. The summed E-state index contributed by atoms with van der Waals surface area (Å²) in [5.41, 5.74) is 0.823. The maximum atomic E-state index is 2.89. The number of fused-ring (bicyclic) bond motifs is 1. The third kappa shape index (κ3) is 1.78. The van der Waals surface area contributed by atoms with E-state index < -0.39 is 16.5 Å². The summed E-state index contributed by atoms with van der Waals surface area (Å²) in [5.74, 6) is 0. The van der Waals surface area contributed by atoms with Gasteiger partial charge in [-0.05, 0) is 6.54 Å². The Bertz CT molecular complexity index is 321. The van der Waals surface area contributed by atoms with Crippen LogP contribution in [0.1, 0.15) is 6.92 Å². The zero-order valence-electron chi connectivity index (χ0n) is 10.5. The minimum absolute atomic E-state index is 0. The zero-order chi connectivity index (χ0) is 10.6. The fourth-order valence-corrected chi connectivity index (χ4v) is 17.3. The van der Waals surface area contributed by atoms with Crippen LogP contribution in [-0.2, 0) is 26.2 Å². The summed E-state index contributed by atoms with van der Waals surface area (Å²) in [7, 11) is -2.44. The predicted octanol–water partition coefficient (Wildman–Crippen LogP) is 3.14. The first-order valence-corrected chi connectivity index (χ1v) is 11.6. The molecule has 1 heterocycles. The summed E-state index contributed by atoms with van der Waals surface area (Å²) < 4.78 is 2.89. The summed E-state index contributed by atoms with van der Waals surface area (Å²) in [6, 6.07) is 0. The molecule has 1 aliphatic carbocycles. The molecule has 0 aromatic carbocycles. The number of hydrogen-bond donors (Lipinski definition) is 0. The Morgan fingerprint density at radius 1 is 1.27 bits per heavy atom. The van der Waals surface area contributed by atoms with Gasteiger partial charge in [-0.25, -0.2) is 0 Å².